The van der Waals surface area contributed by atoms with Crippen LogP contribution in [0.5, 0.6) is 11.5 Å². The molecule has 0 N–H and O–H groups in total. The van der Waals surface area contributed by atoms with Gasteiger partial charge in [-0.1, -0.05) is 48.0 Å². The van der Waals surface area contributed by atoms with Gasteiger partial charge in [0.2, 0.25) is 0 Å². The zero-order valence-electron chi connectivity index (χ0n) is 20.3. The summed E-state index contributed by atoms with van der Waals surface area (Å²) in [6, 6.07) is 26.6. The lowest BCUT2D eigenvalue weighted by Gasteiger charge is -2.28. The van der Waals surface area contributed by atoms with Gasteiger partial charge in [-0.3, -0.25) is 4.99 Å². The highest BCUT2D eigenvalue weighted by atomic mass is 35.5. The summed E-state index contributed by atoms with van der Waals surface area (Å²) in [7, 11) is 0. The Labute approximate surface area is 216 Å². The van der Waals surface area contributed by atoms with E-state index in [1.54, 1.807) is 6.21 Å². The first kappa shape index (κ1) is 24.2. The zero-order chi connectivity index (χ0) is 24.7. The maximum absolute atomic E-state index is 6.64. The number of morpholine rings is 1. The molecule has 184 valence electrons. The van der Waals surface area contributed by atoms with Gasteiger partial charge < -0.3 is 19.1 Å². The standard InChI is InChI=1S/C30H29ClN2O3/c1-2-35-29-19-23(20-32-26-9-11-27(12-10-26)33-13-15-34-16-14-33)18-28(31)30(29)36-21-22-7-8-24-5-3-4-6-25(24)17-22/h3-12,17-20H,2,13-16,21H2,1H3. The molecule has 6 heteroatoms. The normalized spacial score (nSPS) is 13.9. The van der Waals surface area contributed by atoms with Crippen molar-refractivity contribution in [1.82, 2.24) is 0 Å². The molecule has 4 aromatic carbocycles. The summed E-state index contributed by atoms with van der Waals surface area (Å²) < 4.78 is 17.4. The van der Waals surface area contributed by atoms with Crippen LogP contribution in [0.25, 0.3) is 10.8 Å². The molecule has 1 aliphatic heterocycles. The van der Waals surface area contributed by atoms with E-state index in [1.807, 2.05) is 43.3 Å². The van der Waals surface area contributed by atoms with Crippen molar-refractivity contribution in [2.45, 2.75) is 13.5 Å². The largest absolute Gasteiger partial charge is 0.490 e. The SMILES string of the molecule is CCOc1cc(C=Nc2ccc(N3CCOCC3)cc2)cc(Cl)c1OCc1ccc2ccccc2c1. The second-order valence-electron chi connectivity index (χ2n) is 8.61. The van der Waals surface area contributed by atoms with E-state index in [4.69, 9.17) is 25.8 Å². The van der Waals surface area contributed by atoms with E-state index in [0.29, 0.717) is 29.7 Å². The molecule has 0 bridgehead atoms. The van der Waals surface area contributed by atoms with Crippen LogP contribution < -0.4 is 14.4 Å². The van der Waals surface area contributed by atoms with Gasteiger partial charge in [0.05, 0.1) is 30.5 Å². The van der Waals surface area contributed by atoms with Crippen LogP contribution in [0, 0.1) is 0 Å². The van der Waals surface area contributed by atoms with Crippen LogP contribution in [0.3, 0.4) is 0 Å². The topological polar surface area (TPSA) is 43.3 Å². The van der Waals surface area contributed by atoms with E-state index < -0.39 is 0 Å². The number of anilines is 1. The molecule has 0 amide bonds. The number of rotatable bonds is 8. The van der Waals surface area contributed by atoms with Crippen molar-refractivity contribution in [3.05, 3.63) is 95.0 Å². The van der Waals surface area contributed by atoms with Crippen LogP contribution in [-0.4, -0.2) is 39.1 Å². The lowest BCUT2D eigenvalue weighted by molar-refractivity contribution is 0.122. The Kier molecular flexibility index (Phi) is 7.70. The maximum Gasteiger partial charge on any atom is 0.180 e. The molecule has 0 spiro atoms. The second kappa shape index (κ2) is 11.5. The fraction of sp³-hybridized carbons (Fsp3) is 0.233. The molecule has 0 unspecified atom stereocenters. The second-order valence-corrected chi connectivity index (χ2v) is 9.01. The molecular formula is C30H29ClN2O3. The summed E-state index contributed by atoms with van der Waals surface area (Å²) in [6.07, 6.45) is 1.80. The van der Waals surface area contributed by atoms with Crippen molar-refractivity contribution >= 4 is 40.0 Å². The van der Waals surface area contributed by atoms with E-state index in [9.17, 15) is 0 Å². The van der Waals surface area contributed by atoms with Gasteiger partial charge in [-0.25, -0.2) is 0 Å². The third-order valence-electron chi connectivity index (χ3n) is 6.12. The molecule has 5 rings (SSSR count). The maximum atomic E-state index is 6.64. The van der Waals surface area contributed by atoms with E-state index in [0.717, 1.165) is 43.1 Å². The number of halogens is 1. The summed E-state index contributed by atoms with van der Waals surface area (Å²) >= 11 is 6.64. The number of benzene rings is 4. The predicted molar refractivity (Wildman–Crippen MR) is 148 cm³/mol. The summed E-state index contributed by atoms with van der Waals surface area (Å²) in [4.78, 5) is 6.96. The lowest BCUT2D eigenvalue weighted by Crippen LogP contribution is -2.36. The molecule has 0 atom stereocenters. The Bertz CT molecular complexity index is 1350. The number of aliphatic imine (C=N–C) groups is 1. The van der Waals surface area contributed by atoms with Crippen molar-refractivity contribution in [2.75, 3.05) is 37.8 Å². The minimum absolute atomic E-state index is 0.396. The first-order chi connectivity index (χ1) is 17.7. The van der Waals surface area contributed by atoms with Crippen LogP contribution in [-0.2, 0) is 11.3 Å². The van der Waals surface area contributed by atoms with Gasteiger partial charge in [0, 0.05) is 25.0 Å². The highest BCUT2D eigenvalue weighted by molar-refractivity contribution is 6.32. The lowest BCUT2D eigenvalue weighted by atomic mass is 10.1. The zero-order valence-corrected chi connectivity index (χ0v) is 21.1. The Morgan fingerprint density at radius 2 is 1.69 bits per heavy atom. The molecule has 1 heterocycles. The van der Waals surface area contributed by atoms with Crippen LogP contribution in [0.1, 0.15) is 18.1 Å². The van der Waals surface area contributed by atoms with E-state index >= 15 is 0 Å². The average molecular weight is 501 g/mol. The van der Waals surface area contributed by atoms with Crippen molar-refractivity contribution in [3.63, 3.8) is 0 Å². The molecule has 0 radical (unpaired) electrons. The van der Waals surface area contributed by atoms with Gasteiger partial charge in [0.25, 0.3) is 0 Å². The quantitative estimate of drug-likeness (QED) is 0.243. The van der Waals surface area contributed by atoms with Gasteiger partial charge in [0.15, 0.2) is 11.5 Å². The summed E-state index contributed by atoms with van der Waals surface area (Å²) in [5.74, 6) is 1.15. The molecule has 1 fully saturated rings. The third kappa shape index (κ3) is 5.81. The first-order valence-corrected chi connectivity index (χ1v) is 12.6. The molecule has 0 saturated carbocycles. The molecule has 0 aromatic heterocycles. The molecule has 1 saturated heterocycles. The monoisotopic (exact) mass is 500 g/mol. The third-order valence-corrected chi connectivity index (χ3v) is 6.40. The van der Waals surface area contributed by atoms with Gasteiger partial charge in [-0.15, -0.1) is 0 Å². The van der Waals surface area contributed by atoms with Gasteiger partial charge in [-0.05, 0) is 71.3 Å². The summed E-state index contributed by atoms with van der Waals surface area (Å²) in [6.45, 7) is 6.21. The molecule has 0 aliphatic carbocycles. The average Bonchev–Trinajstić information content (AvgIpc) is 2.92. The predicted octanol–water partition coefficient (Wildman–Crippen LogP) is 7.06. The first-order valence-electron chi connectivity index (χ1n) is 12.2. The van der Waals surface area contributed by atoms with E-state index in [-0.39, 0.29) is 0 Å². The molecular weight excluding hydrogens is 472 g/mol. The highest BCUT2D eigenvalue weighted by Gasteiger charge is 2.13. The van der Waals surface area contributed by atoms with Crippen LogP contribution >= 0.6 is 11.6 Å². The number of hydrogen-bond donors (Lipinski definition) is 0. The Hall–Kier alpha value is -3.54. The number of nitrogens with zero attached hydrogens (tertiary/aromatic N) is 2. The summed E-state index contributed by atoms with van der Waals surface area (Å²) in [5.41, 5.74) is 3.97. The van der Waals surface area contributed by atoms with Crippen molar-refractivity contribution in [3.8, 4) is 11.5 Å². The molecule has 1 aliphatic rings. The van der Waals surface area contributed by atoms with Gasteiger partial charge in [0.1, 0.15) is 6.61 Å². The summed E-state index contributed by atoms with van der Waals surface area (Å²) in [5, 5.41) is 2.87. The van der Waals surface area contributed by atoms with Crippen molar-refractivity contribution in [2.24, 2.45) is 4.99 Å². The van der Waals surface area contributed by atoms with E-state index in [2.05, 4.69) is 52.4 Å². The number of ether oxygens (including phenoxy) is 3. The Morgan fingerprint density at radius 3 is 2.47 bits per heavy atom. The number of hydrogen-bond acceptors (Lipinski definition) is 5. The Morgan fingerprint density at radius 1 is 0.917 bits per heavy atom. The van der Waals surface area contributed by atoms with Crippen molar-refractivity contribution in [1.29, 1.82) is 0 Å². The van der Waals surface area contributed by atoms with Crippen LogP contribution in [0.2, 0.25) is 5.02 Å². The number of fused-ring (bicyclic) bond motifs is 1. The molecule has 36 heavy (non-hydrogen) atoms. The molecule has 4 aromatic rings. The minimum atomic E-state index is 0.396. The highest BCUT2D eigenvalue weighted by Crippen LogP contribution is 2.37. The van der Waals surface area contributed by atoms with Gasteiger partial charge in [-0.2, -0.15) is 0 Å². The Balaban J connectivity index is 1.30. The smallest absolute Gasteiger partial charge is 0.180 e. The van der Waals surface area contributed by atoms with Crippen LogP contribution in [0.15, 0.2) is 83.9 Å². The fourth-order valence-corrected chi connectivity index (χ4v) is 4.54. The molecule has 5 nitrogen and oxygen atoms in total. The van der Waals surface area contributed by atoms with Crippen molar-refractivity contribution < 1.29 is 14.2 Å². The van der Waals surface area contributed by atoms with Gasteiger partial charge >= 0.3 is 0 Å². The van der Waals surface area contributed by atoms with E-state index in [1.165, 1.54) is 16.5 Å². The fourth-order valence-electron chi connectivity index (χ4n) is 4.27. The minimum Gasteiger partial charge on any atom is -0.490 e. The van der Waals surface area contributed by atoms with Crippen LogP contribution in [0.4, 0.5) is 11.4 Å².